The highest BCUT2D eigenvalue weighted by molar-refractivity contribution is 6.00. The molecule has 0 bridgehead atoms. The van der Waals surface area contributed by atoms with Gasteiger partial charge in [0.2, 0.25) is 5.89 Å². The van der Waals surface area contributed by atoms with Gasteiger partial charge in [0.1, 0.15) is 13.2 Å². The topological polar surface area (TPSA) is 84.1 Å². The summed E-state index contributed by atoms with van der Waals surface area (Å²) in [7, 11) is 3.64. The first-order valence-corrected chi connectivity index (χ1v) is 11.7. The smallest absolute Gasteiger partial charge is 0.254 e. The van der Waals surface area contributed by atoms with E-state index in [1.807, 2.05) is 42.5 Å². The third-order valence-corrected chi connectivity index (χ3v) is 6.70. The number of oxime groups is 1. The minimum Gasteiger partial charge on any atom is -0.399 e. The Hall–Kier alpha value is -3.52. The molecule has 1 amide bonds. The van der Waals surface area contributed by atoms with Crippen molar-refractivity contribution in [2.24, 2.45) is 5.16 Å². The molecule has 0 unspecified atom stereocenters. The van der Waals surface area contributed by atoms with E-state index in [1.54, 1.807) is 4.90 Å². The molecule has 2 aliphatic rings. The normalized spacial score (nSPS) is 20.7. The molecular formula is C26H29N5O3. The minimum absolute atomic E-state index is 0.0865. The Labute approximate surface area is 199 Å². The van der Waals surface area contributed by atoms with Crippen molar-refractivity contribution in [2.45, 2.75) is 31.2 Å². The monoisotopic (exact) mass is 459 g/mol. The van der Waals surface area contributed by atoms with E-state index in [-0.39, 0.29) is 17.9 Å². The van der Waals surface area contributed by atoms with Crippen LogP contribution >= 0.6 is 0 Å². The molecular weight excluding hydrogens is 430 g/mol. The predicted molar refractivity (Wildman–Crippen MR) is 128 cm³/mol. The van der Waals surface area contributed by atoms with E-state index in [1.165, 1.54) is 7.11 Å². The van der Waals surface area contributed by atoms with Crippen LogP contribution < -0.4 is 0 Å². The van der Waals surface area contributed by atoms with Crippen LogP contribution in [0.25, 0.3) is 11.1 Å². The number of carbonyl (C=O) groups is 1. The molecule has 5 rings (SSSR count). The van der Waals surface area contributed by atoms with Gasteiger partial charge in [0.25, 0.3) is 5.91 Å². The van der Waals surface area contributed by atoms with E-state index in [2.05, 4.69) is 34.4 Å². The fourth-order valence-corrected chi connectivity index (χ4v) is 4.75. The second kappa shape index (κ2) is 9.77. The van der Waals surface area contributed by atoms with Crippen LogP contribution in [0.3, 0.4) is 0 Å². The molecule has 176 valence electrons. The zero-order valence-electron chi connectivity index (χ0n) is 19.6. The van der Waals surface area contributed by atoms with Crippen molar-refractivity contribution in [2.75, 3.05) is 33.8 Å². The molecule has 2 fully saturated rings. The molecule has 8 heteroatoms. The summed E-state index contributed by atoms with van der Waals surface area (Å²) in [4.78, 5) is 27.3. The summed E-state index contributed by atoms with van der Waals surface area (Å²) in [6, 6.07) is 17.5. The SMILES string of the molecule is CO/N=C1/C[C@@H](c2noc(C3CCN(C)CC3)n2)N(C(=O)c2ccc(-c3ccccc3)cc2)C1. The predicted octanol–water partition coefficient (Wildman–Crippen LogP) is 4.14. The van der Waals surface area contributed by atoms with E-state index >= 15 is 0 Å². The fraction of sp³-hybridized carbons (Fsp3) is 0.385. The summed E-state index contributed by atoms with van der Waals surface area (Å²) in [5, 5.41) is 8.39. The summed E-state index contributed by atoms with van der Waals surface area (Å²) in [5.41, 5.74) is 3.58. The molecule has 34 heavy (non-hydrogen) atoms. The van der Waals surface area contributed by atoms with Crippen molar-refractivity contribution >= 4 is 11.6 Å². The van der Waals surface area contributed by atoms with Crippen LogP contribution in [0.4, 0.5) is 0 Å². The highest BCUT2D eigenvalue weighted by Crippen LogP contribution is 2.33. The van der Waals surface area contributed by atoms with Crippen molar-refractivity contribution < 1.29 is 14.2 Å². The molecule has 0 saturated carbocycles. The van der Waals surface area contributed by atoms with E-state index in [0.29, 0.717) is 30.2 Å². The van der Waals surface area contributed by atoms with Gasteiger partial charge in [-0.15, -0.1) is 0 Å². The summed E-state index contributed by atoms with van der Waals surface area (Å²) >= 11 is 0. The van der Waals surface area contributed by atoms with E-state index in [9.17, 15) is 4.79 Å². The largest absolute Gasteiger partial charge is 0.399 e. The van der Waals surface area contributed by atoms with Gasteiger partial charge >= 0.3 is 0 Å². The number of piperidine rings is 1. The molecule has 3 aromatic rings. The van der Waals surface area contributed by atoms with Gasteiger partial charge < -0.3 is 19.2 Å². The maximum absolute atomic E-state index is 13.5. The van der Waals surface area contributed by atoms with Gasteiger partial charge in [0.05, 0.1) is 12.3 Å². The second-order valence-electron chi connectivity index (χ2n) is 9.00. The number of rotatable bonds is 5. The van der Waals surface area contributed by atoms with Gasteiger partial charge in [0, 0.05) is 17.9 Å². The molecule has 0 spiro atoms. The average Bonchev–Trinajstić information content (AvgIpc) is 3.53. The second-order valence-corrected chi connectivity index (χ2v) is 9.00. The number of likely N-dealkylation sites (tertiary alicyclic amines) is 2. The van der Waals surface area contributed by atoms with Crippen molar-refractivity contribution in [1.29, 1.82) is 0 Å². The quantitative estimate of drug-likeness (QED) is 0.534. The first-order valence-electron chi connectivity index (χ1n) is 11.7. The Balaban J connectivity index is 1.37. The van der Waals surface area contributed by atoms with Gasteiger partial charge in [-0.05, 0) is 56.2 Å². The number of hydrogen-bond donors (Lipinski definition) is 0. The Morgan fingerprint density at radius 1 is 1.06 bits per heavy atom. The lowest BCUT2D eigenvalue weighted by Crippen LogP contribution is -2.32. The van der Waals surface area contributed by atoms with Gasteiger partial charge in [-0.3, -0.25) is 4.79 Å². The van der Waals surface area contributed by atoms with Crippen LogP contribution in [0.15, 0.2) is 64.3 Å². The molecule has 1 aromatic heterocycles. The Bertz CT molecular complexity index is 1150. The lowest BCUT2D eigenvalue weighted by atomic mass is 9.97. The zero-order chi connectivity index (χ0) is 23.5. The summed E-state index contributed by atoms with van der Waals surface area (Å²) in [6.45, 7) is 2.40. The van der Waals surface area contributed by atoms with Gasteiger partial charge in [-0.2, -0.15) is 4.98 Å². The van der Waals surface area contributed by atoms with E-state index in [4.69, 9.17) is 14.3 Å². The summed E-state index contributed by atoms with van der Waals surface area (Å²) < 4.78 is 5.66. The van der Waals surface area contributed by atoms with Crippen molar-refractivity contribution in [3.8, 4) is 11.1 Å². The Kier molecular flexibility index (Phi) is 6.40. The molecule has 2 aromatic carbocycles. The molecule has 8 nitrogen and oxygen atoms in total. The van der Waals surface area contributed by atoms with Crippen molar-refractivity contribution in [3.05, 3.63) is 71.9 Å². The maximum Gasteiger partial charge on any atom is 0.254 e. The van der Waals surface area contributed by atoms with Gasteiger partial charge in [-0.25, -0.2) is 0 Å². The van der Waals surface area contributed by atoms with Crippen LogP contribution in [0.2, 0.25) is 0 Å². The number of aromatic nitrogens is 2. The lowest BCUT2D eigenvalue weighted by molar-refractivity contribution is 0.0732. The lowest BCUT2D eigenvalue weighted by Gasteiger charge is -2.26. The molecule has 3 heterocycles. The molecule has 1 atom stereocenters. The average molecular weight is 460 g/mol. The number of benzene rings is 2. The van der Waals surface area contributed by atoms with Crippen LogP contribution in [0.5, 0.6) is 0 Å². The summed E-state index contributed by atoms with van der Waals surface area (Å²) in [6.07, 6.45) is 2.51. The standard InChI is InChI=1S/C26H29N5O3/c1-30-14-12-20(13-15-30)25-27-24(29-34-25)23-16-22(28-33-2)17-31(23)26(32)21-10-8-19(9-11-21)18-6-4-3-5-7-18/h3-11,20,23H,12-17H2,1-2H3/b28-22-/t23-/m0/s1. The van der Waals surface area contributed by atoms with Crippen LogP contribution in [-0.4, -0.2) is 65.4 Å². The molecule has 0 N–H and O–H groups in total. The highest BCUT2D eigenvalue weighted by Gasteiger charge is 2.38. The molecule has 0 radical (unpaired) electrons. The maximum atomic E-state index is 13.5. The van der Waals surface area contributed by atoms with Crippen LogP contribution in [0.1, 0.15) is 53.3 Å². The first kappa shape index (κ1) is 22.3. The molecule has 0 aliphatic carbocycles. The van der Waals surface area contributed by atoms with Gasteiger partial charge in [0.15, 0.2) is 5.82 Å². The van der Waals surface area contributed by atoms with Crippen molar-refractivity contribution in [1.82, 2.24) is 19.9 Å². The Morgan fingerprint density at radius 3 is 2.47 bits per heavy atom. The van der Waals surface area contributed by atoms with E-state index in [0.717, 1.165) is 42.8 Å². The van der Waals surface area contributed by atoms with Crippen LogP contribution in [0, 0.1) is 0 Å². The fourth-order valence-electron chi connectivity index (χ4n) is 4.75. The summed E-state index contributed by atoms with van der Waals surface area (Å²) in [5.74, 6) is 1.38. The van der Waals surface area contributed by atoms with Gasteiger partial charge in [-0.1, -0.05) is 52.8 Å². The number of hydrogen-bond acceptors (Lipinski definition) is 7. The third-order valence-electron chi connectivity index (χ3n) is 6.70. The van der Waals surface area contributed by atoms with Crippen molar-refractivity contribution in [3.63, 3.8) is 0 Å². The first-order chi connectivity index (χ1) is 16.6. The number of amides is 1. The third kappa shape index (κ3) is 4.59. The molecule has 2 aliphatic heterocycles. The zero-order valence-corrected chi connectivity index (χ0v) is 19.6. The number of nitrogens with zero attached hydrogens (tertiary/aromatic N) is 5. The number of carbonyl (C=O) groups excluding carboxylic acids is 1. The molecule has 2 saturated heterocycles. The van der Waals surface area contributed by atoms with Crippen LogP contribution in [-0.2, 0) is 4.84 Å². The Morgan fingerprint density at radius 2 is 1.76 bits per heavy atom. The minimum atomic E-state index is -0.334. The van der Waals surface area contributed by atoms with E-state index < -0.39 is 0 Å². The highest BCUT2D eigenvalue weighted by atomic mass is 16.6.